The molecule has 0 unspecified atom stereocenters. The van der Waals surface area contributed by atoms with Gasteiger partial charge in [0.15, 0.2) is 0 Å². The molecule has 0 spiro atoms. The van der Waals surface area contributed by atoms with Crippen molar-refractivity contribution in [2.45, 2.75) is 69.2 Å². The maximum absolute atomic E-state index is 2.30. The molecular formula is C130H110. The fourth-order valence-corrected chi connectivity index (χ4v) is 16.8. The van der Waals surface area contributed by atoms with E-state index in [4.69, 9.17) is 0 Å². The Kier molecular flexibility index (Phi) is 28.5. The van der Waals surface area contributed by atoms with Crippen molar-refractivity contribution in [2.75, 3.05) is 0 Å². The van der Waals surface area contributed by atoms with E-state index in [1.165, 1.54) is 223 Å². The topological polar surface area (TPSA) is 0 Å². The van der Waals surface area contributed by atoms with Crippen LogP contribution >= 0.6 is 0 Å². The van der Waals surface area contributed by atoms with Crippen LogP contribution in [0, 0.1) is 69.2 Å². The summed E-state index contributed by atoms with van der Waals surface area (Å²) in [6.45, 7) is 21.3. The molecule has 0 bridgehead atoms. The van der Waals surface area contributed by atoms with Crippen molar-refractivity contribution in [1.29, 1.82) is 0 Å². The lowest BCUT2D eigenvalue weighted by atomic mass is 9.92. The molecule has 0 saturated carbocycles. The summed E-state index contributed by atoms with van der Waals surface area (Å²) < 4.78 is 0. The number of hydrogen-bond donors (Lipinski definition) is 0. The number of aryl methyl sites for hydroxylation is 10. The van der Waals surface area contributed by atoms with Crippen LogP contribution in [0.3, 0.4) is 0 Å². The molecule has 20 aromatic carbocycles. The van der Waals surface area contributed by atoms with Gasteiger partial charge >= 0.3 is 0 Å². The maximum Gasteiger partial charge on any atom is -0.0105 e. The molecule has 0 heterocycles. The van der Waals surface area contributed by atoms with E-state index < -0.39 is 0 Å². The Morgan fingerprint density at radius 2 is 0.200 bits per heavy atom. The van der Waals surface area contributed by atoms with Gasteiger partial charge in [0.1, 0.15) is 0 Å². The van der Waals surface area contributed by atoms with Crippen LogP contribution in [-0.4, -0.2) is 0 Å². The molecule has 0 aliphatic rings. The van der Waals surface area contributed by atoms with Crippen LogP contribution in [0.5, 0.6) is 0 Å². The van der Waals surface area contributed by atoms with E-state index in [0.29, 0.717) is 0 Å². The third-order valence-corrected chi connectivity index (χ3v) is 24.1. The van der Waals surface area contributed by atoms with Crippen molar-refractivity contribution < 1.29 is 0 Å². The monoisotopic (exact) mass is 1670 g/mol. The van der Waals surface area contributed by atoms with Crippen molar-refractivity contribution >= 4 is 0 Å². The summed E-state index contributed by atoms with van der Waals surface area (Å²) in [5.41, 5.74) is 50.6. The molecule has 0 fully saturated rings. The molecule has 0 radical (unpaired) electrons. The third-order valence-electron chi connectivity index (χ3n) is 24.1. The van der Waals surface area contributed by atoms with E-state index in [-0.39, 0.29) is 0 Å². The summed E-state index contributed by atoms with van der Waals surface area (Å²) in [6.07, 6.45) is 0. The van der Waals surface area contributed by atoms with Crippen LogP contribution in [0.2, 0.25) is 0 Å². The zero-order valence-corrected chi connectivity index (χ0v) is 76.2. The molecule has 0 aromatic heterocycles. The number of hydrogen-bond acceptors (Lipinski definition) is 0. The first-order chi connectivity index (χ1) is 63.5. The molecule has 0 N–H and O–H groups in total. The fraction of sp³-hybridized carbons (Fsp3) is 0.0769. The van der Waals surface area contributed by atoms with Gasteiger partial charge in [-0.25, -0.2) is 0 Å². The molecule has 0 heteroatoms. The van der Waals surface area contributed by atoms with E-state index >= 15 is 0 Å². The summed E-state index contributed by atoms with van der Waals surface area (Å²) >= 11 is 0. The van der Waals surface area contributed by atoms with Crippen LogP contribution in [0.4, 0.5) is 0 Å². The number of benzene rings is 20. The molecule has 0 amide bonds. The van der Waals surface area contributed by atoms with E-state index in [9.17, 15) is 0 Å². The van der Waals surface area contributed by atoms with Crippen molar-refractivity contribution in [3.05, 3.63) is 541 Å². The molecule has 0 aliphatic carbocycles. The summed E-state index contributed by atoms with van der Waals surface area (Å²) in [7, 11) is 0. The normalized spacial score (nSPS) is 10.7. The van der Waals surface area contributed by atoms with Crippen molar-refractivity contribution in [2.24, 2.45) is 0 Å². The van der Waals surface area contributed by atoms with Crippen molar-refractivity contribution in [3.8, 4) is 167 Å². The SMILES string of the molecule is Cc1ccc(-c2cccc(-c3ccc(-c4cccc(C)c4)cc3)c2)cc1.Cc1ccc(-c2cccc(-c3cccc(-c4ccc(C)cc4)c3)c2)cc1.Cc1ccc(-c2cccc(-c3ccccc3-c3ccc(C)cc3)c2)cc1.Cc1cccc(-c2ccc(-c3cccc(-c4cccc(C)c4)c3)cc2)c1.Cc1cccc(-c2cccc(-c3ccccc3-c3cccc(C)c3)c2)c1. The van der Waals surface area contributed by atoms with Crippen LogP contribution in [0.15, 0.2) is 485 Å². The first-order valence-corrected chi connectivity index (χ1v) is 45.2. The quantitative estimate of drug-likeness (QED) is 0.0960. The summed E-state index contributed by atoms with van der Waals surface area (Å²) in [5.74, 6) is 0. The third kappa shape index (κ3) is 23.0. The van der Waals surface area contributed by atoms with Gasteiger partial charge in [0, 0.05) is 0 Å². The van der Waals surface area contributed by atoms with Gasteiger partial charge < -0.3 is 0 Å². The smallest absolute Gasteiger partial charge is 0.0105 e. The Balaban J connectivity index is 0.000000119. The Labute approximate surface area is 771 Å². The molecule has 20 rings (SSSR count). The van der Waals surface area contributed by atoms with Crippen molar-refractivity contribution in [1.82, 2.24) is 0 Å². The van der Waals surface area contributed by atoms with E-state index in [0.717, 1.165) is 0 Å². The van der Waals surface area contributed by atoms with E-state index in [2.05, 4.69) is 555 Å². The second-order valence-electron chi connectivity index (χ2n) is 34.4. The highest BCUT2D eigenvalue weighted by Crippen LogP contribution is 2.40. The van der Waals surface area contributed by atoms with Gasteiger partial charge in [-0.15, -0.1) is 0 Å². The molecule has 0 saturated heterocycles. The Morgan fingerprint density at radius 3 is 0.400 bits per heavy atom. The lowest BCUT2D eigenvalue weighted by molar-refractivity contribution is 1.46. The average Bonchev–Trinajstić information content (AvgIpc) is 0.803. The minimum absolute atomic E-state index is 1.25. The van der Waals surface area contributed by atoms with Crippen LogP contribution < -0.4 is 0 Å². The zero-order chi connectivity index (χ0) is 89.7. The Hall–Kier alpha value is -15.6. The Bertz CT molecular complexity index is 7100. The molecular weight excluding hydrogens is 1560 g/mol. The largest absolute Gasteiger partial charge is 0.0616 e. The van der Waals surface area contributed by atoms with Gasteiger partial charge in [0.2, 0.25) is 0 Å². The average molecular weight is 1670 g/mol. The first kappa shape index (κ1) is 87.9. The molecule has 0 nitrogen and oxygen atoms in total. The lowest BCUT2D eigenvalue weighted by Crippen LogP contribution is -1.87. The zero-order valence-electron chi connectivity index (χ0n) is 76.2. The summed E-state index contributed by atoms with van der Waals surface area (Å²) in [6, 6.07) is 175. The standard InChI is InChI=1S/5C26H22/c1-19-6-3-8-23(16-19)21-12-14-22(15-13-21)25-10-5-11-26(18-25)24-9-4-7-20(2)17-24;1-19-9-13-21(14-10-19)23-5-3-7-25(17-23)26-8-4-6-24(18-26)22-15-11-20(2)12-16-22;1-19-9-11-21(12-10-19)25-7-4-8-26(18-25)23-15-13-22(14-16-23)24-6-3-5-20(2)17-24;1-19-8-5-10-21(16-19)22-11-7-13-24(18-22)26-15-4-3-14-25(26)23-12-6-9-20(2)17-23;1-19-10-14-21(15-11-19)23-6-5-7-24(18-23)26-9-4-3-8-25(26)22-16-12-20(2)13-17-22/h5*3-18H,1-2H3. The predicted octanol–water partition coefficient (Wildman–Crippen LogP) is 36.5. The van der Waals surface area contributed by atoms with Crippen LogP contribution in [0.1, 0.15) is 55.6 Å². The molecule has 0 aliphatic heterocycles. The summed E-state index contributed by atoms with van der Waals surface area (Å²) in [4.78, 5) is 0. The van der Waals surface area contributed by atoms with Gasteiger partial charge in [0.05, 0.1) is 0 Å². The maximum atomic E-state index is 2.30. The van der Waals surface area contributed by atoms with Gasteiger partial charge in [-0.1, -0.05) is 505 Å². The molecule has 20 aromatic rings. The second kappa shape index (κ2) is 42.1. The second-order valence-corrected chi connectivity index (χ2v) is 34.4. The highest BCUT2D eigenvalue weighted by Gasteiger charge is 2.14. The molecule has 630 valence electrons. The number of rotatable bonds is 15. The lowest BCUT2D eigenvalue weighted by Gasteiger charge is -2.12. The molecule has 0 atom stereocenters. The van der Waals surface area contributed by atoms with Gasteiger partial charge in [-0.3, -0.25) is 0 Å². The molecule has 130 heavy (non-hydrogen) atoms. The van der Waals surface area contributed by atoms with Gasteiger partial charge in [-0.05, 0) is 273 Å². The highest BCUT2D eigenvalue weighted by atomic mass is 14.2. The predicted molar refractivity (Wildman–Crippen MR) is 561 cm³/mol. The summed E-state index contributed by atoms with van der Waals surface area (Å²) in [5, 5.41) is 0. The van der Waals surface area contributed by atoms with E-state index in [1.54, 1.807) is 0 Å². The van der Waals surface area contributed by atoms with Crippen LogP contribution in [-0.2, 0) is 0 Å². The van der Waals surface area contributed by atoms with Crippen molar-refractivity contribution in [3.63, 3.8) is 0 Å². The minimum Gasteiger partial charge on any atom is -0.0616 e. The highest BCUT2D eigenvalue weighted by molar-refractivity contribution is 5.88. The first-order valence-electron chi connectivity index (χ1n) is 45.2. The van der Waals surface area contributed by atoms with E-state index in [1.807, 2.05) is 0 Å². The Morgan fingerprint density at radius 1 is 0.0769 bits per heavy atom. The fourth-order valence-electron chi connectivity index (χ4n) is 16.8. The van der Waals surface area contributed by atoms with Gasteiger partial charge in [0.25, 0.3) is 0 Å². The van der Waals surface area contributed by atoms with Gasteiger partial charge in [-0.2, -0.15) is 0 Å². The minimum atomic E-state index is 1.25. The van der Waals surface area contributed by atoms with Crippen LogP contribution in [0.25, 0.3) is 167 Å².